The normalized spacial score (nSPS) is 14.4. The van der Waals surface area contributed by atoms with Crippen LogP contribution in [0.4, 0.5) is 0 Å². The summed E-state index contributed by atoms with van der Waals surface area (Å²) < 4.78 is 23.2. The van der Waals surface area contributed by atoms with Crippen LogP contribution in [-0.4, -0.2) is 68.5 Å². The minimum atomic E-state index is -4.59. The lowest BCUT2D eigenvalue weighted by atomic mass is 10.0. The van der Waals surface area contributed by atoms with Gasteiger partial charge in [-0.25, -0.2) is 0 Å². The second kappa shape index (κ2) is 44.9. The molecule has 0 aromatic heterocycles. The van der Waals surface area contributed by atoms with Crippen molar-refractivity contribution in [2.24, 2.45) is 0 Å². The van der Waals surface area contributed by atoms with Crippen molar-refractivity contribution in [2.75, 3.05) is 40.9 Å². The highest BCUT2D eigenvalue weighted by molar-refractivity contribution is 7.45. The molecule has 0 aromatic carbocycles. The maximum atomic E-state index is 12.9. The minimum absolute atomic E-state index is 0.00594. The van der Waals surface area contributed by atoms with Crippen LogP contribution in [0.2, 0.25) is 0 Å². The molecule has 366 valence electrons. The van der Waals surface area contributed by atoms with Gasteiger partial charge >= 0.3 is 0 Å². The number of amides is 1. The van der Waals surface area contributed by atoms with Gasteiger partial charge in [-0.15, -0.1) is 0 Å². The highest BCUT2D eigenvalue weighted by atomic mass is 31.2. The Morgan fingerprint density at radius 2 is 0.903 bits per heavy atom. The third-order valence-corrected chi connectivity index (χ3v) is 12.8. The van der Waals surface area contributed by atoms with Gasteiger partial charge in [-0.3, -0.25) is 9.36 Å². The summed E-state index contributed by atoms with van der Waals surface area (Å²) in [5.41, 5.74) is 0. The number of aliphatic hydroxyl groups excluding tert-OH is 1. The van der Waals surface area contributed by atoms with E-state index in [0.29, 0.717) is 17.4 Å². The average molecular weight is 895 g/mol. The van der Waals surface area contributed by atoms with Crippen LogP contribution in [0.3, 0.4) is 0 Å². The Bertz CT molecular complexity index is 1110. The molecule has 2 N–H and O–H groups in total. The van der Waals surface area contributed by atoms with E-state index in [4.69, 9.17) is 9.05 Å². The second-order valence-electron chi connectivity index (χ2n) is 19.2. The first-order valence-corrected chi connectivity index (χ1v) is 27.8. The molecule has 62 heavy (non-hydrogen) atoms. The van der Waals surface area contributed by atoms with Crippen molar-refractivity contribution in [1.29, 1.82) is 0 Å². The van der Waals surface area contributed by atoms with E-state index in [9.17, 15) is 19.4 Å². The summed E-state index contributed by atoms with van der Waals surface area (Å²) in [5.74, 6) is -0.208. The number of nitrogens with one attached hydrogen (secondary N) is 1. The number of hydrogen-bond donors (Lipinski definition) is 2. The molecule has 9 heteroatoms. The summed E-state index contributed by atoms with van der Waals surface area (Å²) in [6.45, 7) is 4.60. The fraction of sp³-hybridized carbons (Fsp3) is 0.868. The van der Waals surface area contributed by atoms with Gasteiger partial charge in [0.2, 0.25) is 5.91 Å². The number of carbonyl (C=O) groups excluding carboxylic acids is 1. The zero-order chi connectivity index (χ0) is 45.7. The molecule has 3 atom stereocenters. The molecule has 0 spiro atoms. The van der Waals surface area contributed by atoms with Crippen LogP contribution < -0.4 is 10.2 Å². The van der Waals surface area contributed by atoms with Crippen LogP contribution >= 0.6 is 7.82 Å². The molecule has 0 aromatic rings. The predicted molar refractivity (Wildman–Crippen MR) is 265 cm³/mol. The van der Waals surface area contributed by atoms with E-state index in [-0.39, 0.29) is 12.5 Å². The lowest BCUT2D eigenvalue weighted by Crippen LogP contribution is -2.45. The zero-order valence-electron chi connectivity index (χ0n) is 41.6. The van der Waals surface area contributed by atoms with Crippen LogP contribution in [0.5, 0.6) is 0 Å². The third kappa shape index (κ3) is 46.7. The number of carbonyl (C=O) groups is 1. The van der Waals surface area contributed by atoms with Crippen molar-refractivity contribution in [3.05, 3.63) is 36.5 Å². The molecule has 0 saturated carbocycles. The smallest absolute Gasteiger partial charge is 0.268 e. The standard InChI is InChI=1S/C53H103N2O6P/c1-6-8-10-12-14-16-18-19-20-21-22-23-24-25-26-27-28-29-30-31-32-33-34-35-36-37-39-41-43-45-47-53(57)54-51(50-61-62(58,59)60-49-48-55(3,4)5)52(56)46-44-42-40-38-17-15-13-11-9-7-2/h17,25-26,38,44,46,51-52,56H,6-16,18-24,27-37,39-43,45,47-50H2,1-5H3,(H-,54,57,58,59)/b26-25-,38-17+,46-44+. The average Bonchev–Trinajstić information content (AvgIpc) is 3.23. The minimum Gasteiger partial charge on any atom is -0.756 e. The quantitative estimate of drug-likeness (QED) is 0.0273. The summed E-state index contributed by atoms with van der Waals surface area (Å²) in [4.78, 5) is 25.3. The summed E-state index contributed by atoms with van der Waals surface area (Å²) in [6, 6.07) is -0.900. The third-order valence-electron chi connectivity index (χ3n) is 11.8. The van der Waals surface area contributed by atoms with Crippen LogP contribution in [0.1, 0.15) is 245 Å². The van der Waals surface area contributed by atoms with Crippen molar-refractivity contribution in [1.82, 2.24) is 5.32 Å². The molecule has 0 rings (SSSR count). The van der Waals surface area contributed by atoms with Crippen molar-refractivity contribution in [2.45, 2.75) is 257 Å². The lowest BCUT2D eigenvalue weighted by Gasteiger charge is -2.29. The van der Waals surface area contributed by atoms with E-state index in [1.807, 2.05) is 27.2 Å². The highest BCUT2D eigenvalue weighted by Gasteiger charge is 2.23. The van der Waals surface area contributed by atoms with Crippen LogP contribution in [0, 0.1) is 0 Å². The number of allylic oxidation sites excluding steroid dienone is 5. The number of hydrogen-bond acceptors (Lipinski definition) is 6. The van der Waals surface area contributed by atoms with E-state index in [1.165, 1.54) is 186 Å². The predicted octanol–water partition coefficient (Wildman–Crippen LogP) is 14.8. The fourth-order valence-corrected chi connectivity index (χ4v) is 8.36. The lowest BCUT2D eigenvalue weighted by molar-refractivity contribution is -0.870. The van der Waals surface area contributed by atoms with Gasteiger partial charge in [0.25, 0.3) is 7.82 Å². The number of nitrogens with zero attached hydrogens (tertiary/aromatic N) is 1. The van der Waals surface area contributed by atoms with Crippen molar-refractivity contribution in [3.8, 4) is 0 Å². The van der Waals surface area contributed by atoms with Crippen molar-refractivity contribution in [3.63, 3.8) is 0 Å². The molecular formula is C53H103N2O6P. The molecule has 0 fully saturated rings. The Balaban J connectivity index is 4.02. The number of phosphoric acid groups is 1. The Labute approximate surface area is 385 Å². The largest absolute Gasteiger partial charge is 0.756 e. The summed E-state index contributed by atoms with van der Waals surface area (Å²) >= 11 is 0. The first-order valence-electron chi connectivity index (χ1n) is 26.4. The SMILES string of the molecule is CCCCCC/C=C/CC/C=C/C(O)C(COP(=O)([O-])OCC[N+](C)(C)C)NC(=O)CCCCCCCCCCCCCCCC/C=C\CCCCCCCCCCCCCC. The van der Waals surface area contributed by atoms with E-state index >= 15 is 0 Å². The topological polar surface area (TPSA) is 108 Å². The molecule has 0 aliphatic heterocycles. The number of quaternary nitrogens is 1. The first-order chi connectivity index (χ1) is 30.0. The Morgan fingerprint density at radius 3 is 1.32 bits per heavy atom. The molecule has 0 aliphatic carbocycles. The van der Waals surface area contributed by atoms with Gasteiger partial charge in [0.05, 0.1) is 39.9 Å². The van der Waals surface area contributed by atoms with E-state index < -0.39 is 26.6 Å². The van der Waals surface area contributed by atoms with E-state index in [2.05, 4.69) is 43.5 Å². The molecule has 0 aliphatic rings. The molecule has 1 amide bonds. The Morgan fingerprint density at radius 1 is 0.548 bits per heavy atom. The zero-order valence-corrected chi connectivity index (χ0v) is 42.5. The summed E-state index contributed by atoms with van der Waals surface area (Å²) in [6.07, 6.45) is 56.7. The number of likely N-dealkylation sites (N-methyl/N-ethyl adjacent to an activating group) is 1. The van der Waals surface area contributed by atoms with Crippen molar-refractivity contribution >= 4 is 13.7 Å². The van der Waals surface area contributed by atoms with Gasteiger partial charge in [0, 0.05) is 6.42 Å². The van der Waals surface area contributed by atoms with E-state index in [1.54, 1.807) is 6.08 Å². The van der Waals surface area contributed by atoms with Gasteiger partial charge in [-0.05, 0) is 57.8 Å². The fourth-order valence-electron chi connectivity index (χ4n) is 7.63. The number of unbranched alkanes of at least 4 members (excludes halogenated alkanes) is 31. The molecule has 0 radical (unpaired) electrons. The molecule has 8 nitrogen and oxygen atoms in total. The van der Waals surface area contributed by atoms with Gasteiger partial charge in [0.15, 0.2) is 0 Å². The monoisotopic (exact) mass is 895 g/mol. The van der Waals surface area contributed by atoms with Crippen LogP contribution in [0.25, 0.3) is 0 Å². The number of phosphoric ester groups is 1. The number of aliphatic hydroxyl groups is 1. The molecular weight excluding hydrogens is 792 g/mol. The molecule has 3 unspecified atom stereocenters. The van der Waals surface area contributed by atoms with Gasteiger partial charge < -0.3 is 28.8 Å². The molecule has 0 saturated heterocycles. The van der Waals surface area contributed by atoms with Gasteiger partial charge in [-0.1, -0.05) is 217 Å². The first kappa shape index (κ1) is 60.7. The molecule has 0 heterocycles. The second-order valence-corrected chi connectivity index (χ2v) is 20.6. The summed E-state index contributed by atoms with van der Waals surface area (Å²) in [5, 5.41) is 13.7. The van der Waals surface area contributed by atoms with Crippen molar-refractivity contribution < 1.29 is 32.9 Å². The molecule has 0 bridgehead atoms. The van der Waals surface area contributed by atoms with Gasteiger partial charge in [0.1, 0.15) is 13.2 Å². The van der Waals surface area contributed by atoms with Crippen LogP contribution in [0.15, 0.2) is 36.5 Å². The maximum Gasteiger partial charge on any atom is 0.268 e. The maximum absolute atomic E-state index is 12.9. The number of rotatable bonds is 48. The highest BCUT2D eigenvalue weighted by Crippen LogP contribution is 2.38. The van der Waals surface area contributed by atoms with Gasteiger partial charge in [-0.2, -0.15) is 0 Å². The van der Waals surface area contributed by atoms with E-state index in [0.717, 1.165) is 38.5 Å². The van der Waals surface area contributed by atoms with Crippen LogP contribution in [-0.2, 0) is 18.4 Å². The Kier molecular flexibility index (Phi) is 44.0. The Hall–Kier alpha value is -1.28. The summed E-state index contributed by atoms with van der Waals surface area (Å²) in [7, 11) is 1.25.